The van der Waals surface area contributed by atoms with E-state index in [1.165, 1.54) is 0 Å². The molecule has 0 unspecified atom stereocenters. The van der Waals surface area contributed by atoms with Crippen LogP contribution in [0.3, 0.4) is 0 Å². The predicted octanol–water partition coefficient (Wildman–Crippen LogP) is -1.87. The second kappa shape index (κ2) is 5.81. The molecule has 0 bridgehead atoms. The van der Waals surface area contributed by atoms with Crippen molar-refractivity contribution in [3.63, 3.8) is 0 Å². The van der Waals surface area contributed by atoms with Crippen LogP contribution in [0.5, 0.6) is 11.5 Å². The molecule has 0 fully saturated rings. The molecule has 5 nitrogen and oxygen atoms in total. The van der Waals surface area contributed by atoms with Gasteiger partial charge in [0.05, 0.1) is 4.90 Å². The van der Waals surface area contributed by atoms with Crippen molar-refractivity contribution in [3.8, 4) is 11.5 Å². The molecule has 0 atom stereocenters. The van der Waals surface area contributed by atoms with Crippen LogP contribution in [0.4, 0.5) is 0 Å². The summed E-state index contributed by atoms with van der Waals surface area (Å²) in [5, 5.41) is 18.7. The summed E-state index contributed by atoms with van der Waals surface area (Å²) in [5.74, 6) is -1.02. The fourth-order valence-electron chi connectivity index (χ4n) is 1.24. The Balaban J connectivity index is 0.00000225. The van der Waals surface area contributed by atoms with E-state index in [9.17, 15) is 23.2 Å². The van der Waals surface area contributed by atoms with E-state index in [1.807, 2.05) is 0 Å². The molecule has 0 aromatic heterocycles. The van der Waals surface area contributed by atoms with E-state index in [0.29, 0.717) is 5.56 Å². The zero-order valence-electron chi connectivity index (χ0n) is 9.26. The second-order valence-electron chi connectivity index (χ2n) is 3.49. The summed E-state index contributed by atoms with van der Waals surface area (Å²) in [7, 11) is -4.76. The fraction of sp³-hybridized carbons (Fsp3) is 0.333. The van der Waals surface area contributed by atoms with Crippen LogP contribution >= 0.6 is 0 Å². The number of phenolic OH excluding ortho intramolecular Hbond substituents is 2. The summed E-state index contributed by atoms with van der Waals surface area (Å²) in [6.07, 6.45) is 0. The molecule has 0 heterocycles. The average Bonchev–Trinajstić information content (AvgIpc) is 2.06. The van der Waals surface area contributed by atoms with E-state index in [0.717, 1.165) is 12.1 Å². The van der Waals surface area contributed by atoms with Crippen LogP contribution in [0, 0.1) is 0 Å². The van der Waals surface area contributed by atoms with Gasteiger partial charge in [0.25, 0.3) is 0 Å². The van der Waals surface area contributed by atoms with E-state index >= 15 is 0 Å². The number of aromatic hydroxyl groups is 2. The summed E-state index contributed by atoms with van der Waals surface area (Å²) in [5.41, 5.74) is 0.389. The molecule has 0 saturated heterocycles. The van der Waals surface area contributed by atoms with Gasteiger partial charge in [0.15, 0.2) is 0 Å². The van der Waals surface area contributed by atoms with Crippen LogP contribution in [-0.2, 0) is 10.1 Å². The van der Waals surface area contributed by atoms with Gasteiger partial charge < -0.3 is 14.8 Å². The number of hydrogen-bond donors (Lipinski definition) is 2. The Morgan fingerprint density at radius 2 is 1.69 bits per heavy atom. The minimum atomic E-state index is -4.76. The summed E-state index contributed by atoms with van der Waals surface area (Å²) >= 11 is 0. The van der Waals surface area contributed by atoms with Gasteiger partial charge in [0.1, 0.15) is 21.6 Å². The molecule has 7 heteroatoms. The molecule has 1 rings (SSSR count). The van der Waals surface area contributed by atoms with Gasteiger partial charge in [0, 0.05) is 11.6 Å². The quantitative estimate of drug-likeness (QED) is 0.373. The molecule has 0 aliphatic heterocycles. The Morgan fingerprint density at radius 3 is 2.06 bits per heavy atom. The zero-order chi connectivity index (χ0) is 11.8. The molecular weight excluding hydrogens is 259 g/mol. The maximum Gasteiger partial charge on any atom is 1.00 e. The Bertz CT molecular complexity index is 481. The monoisotopic (exact) mass is 270 g/mol. The molecule has 0 aliphatic carbocycles. The van der Waals surface area contributed by atoms with Crippen LogP contribution in [0.25, 0.3) is 0 Å². The summed E-state index contributed by atoms with van der Waals surface area (Å²) in [6, 6.07) is 1.86. The van der Waals surface area contributed by atoms with Crippen molar-refractivity contribution in [2.45, 2.75) is 24.7 Å². The molecule has 1 aromatic rings. The first-order valence-electron chi connectivity index (χ1n) is 4.25. The van der Waals surface area contributed by atoms with Crippen molar-refractivity contribution in [1.82, 2.24) is 0 Å². The summed E-state index contributed by atoms with van der Waals surface area (Å²) in [6.45, 7) is 3.53. The number of rotatable bonds is 2. The number of hydrogen-bond acceptors (Lipinski definition) is 5. The molecule has 1 aromatic carbocycles. The Kier molecular flexibility index (Phi) is 5.94. The maximum absolute atomic E-state index is 10.7. The molecule has 16 heavy (non-hydrogen) atoms. The third-order valence-corrected chi connectivity index (χ3v) is 2.87. The van der Waals surface area contributed by atoms with Crippen molar-refractivity contribution in [3.05, 3.63) is 17.7 Å². The molecule has 0 spiro atoms. The first-order chi connectivity index (χ1) is 6.73. The molecule has 0 radical (unpaired) electrons. The van der Waals surface area contributed by atoms with Gasteiger partial charge >= 0.3 is 51.4 Å². The van der Waals surface area contributed by atoms with Gasteiger partial charge in [-0.15, -0.1) is 0 Å². The third-order valence-electron chi connectivity index (χ3n) is 2.00. The third kappa shape index (κ3) is 3.69. The van der Waals surface area contributed by atoms with Gasteiger partial charge in [-0.3, -0.25) is 0 Å². The van der Waals surface area contributed by atoms with Gasteiger partial charge in [-0.1, -0.05) is 13.8 Å². The first-order valence-corrected chi connectivity index (χ1v) is 5.66. The SMILES string of the molecule is CC(C)c1cc(O)c(S(=O)(=O)[O-])cc1O.[K+]. The van der Waals surface area contributed by atoms with Crippen molar-refractivity contribution in [2.75, 3.05) is 0 Å². The number of benzene rings is 1. The number of phenols is 2. The minimum Gasteiger partial charge on any atom is -0.744 e. The predicted molar refractivity (Wildman–Crippen MR) is 51.8 cm³/mol. The Hall–Kier alpha value is 0.366. The van der Waals surface area contributed by atoms with E-state index in [1.54, 1.807) is 13.8 Å². The summed E-state index contributed by atoms with van der Waals surface area (Å²) < 4.78 is 32.0. The molecule has 0 saturated carbocycles. The standard InChI is InChI=1S/C9H12O5S.K/c1-5(2)6-3-8(11)9(4-7(6)10)15(12,13)14;/h3-5,10-11H,1-2H3,(H,12,13,14);/q;+1/p-1. The van der Waals surface area contributed by atoms with E-state index in [2.05, 4.69) is 0 Å². The zero-order valence-corrected chi connectivity index (χ0v) is 13.2. The van der Waals surface area contributed by atoms with Gasteiger partial charge in [-0.25, -0.2) is 8.42 Å². The minimum absolute atomic E-state index is 0. The molecule has 84 valence electrons. The van der Waals surface area contributed by atoms with Crippen LogP contribution < -0.4 is 51.4 Å². The van der Waals surface area contributed by atoms with E-state index in [4.69, 9.17) is 0 Å². The van der Waals surface area contributed by atoms with Crippen molar-refractivity contribution >= 4 is 10.1 Å². The van der Waals surface area contributed by atoms with Crippen molar-refractivity contribution in [1.29, 1.82) is 0 Å². The average molecular weight is 270 g/mol. The summed E-state index contributed by atoms with van der Waals surface area (Å²) in [4.78, 5) is -0.801. The van der Waals surface area contributed by atoms with Crippen molar-refractivity contribution in [2.24, 2.45) is 0 Å². The fourth-order valence-corrected chi connectivity index (χ4v) is 1.81. The van der Waals surface area contributed by atoms with Crippen LogP contribution in [0.2, 0.25) is 0 Å². The largest absolute Gasteiger partial charge is 1.00 e. The first kappa shape index (κ1) is 16.4. The van der Waals surface area contributed by atoms with Crippen molar-refractivity contribution < 1.29 is 74.6 Å². The van der Waals surface area contributed by atoms with Gasteiger partial charge in [-0.05, 0) is 12.0 Å². The maximum atomic E-state index is 10.7. The molecule has 0 amide bonds. The molecular formula is C9H11KO5S. The normalized spacial score (nSPS) is 11.2. The van der Waals surface area contributed by atoms with E-state index < -0.39 is 20.8 Å². The molecule has 0 aliphatic rings. The van der Waals surface area contributed by atoms with Crippen LogP contribution in [0.15, 0.2) is 17.0 Å². The Morgan fingerprint density at radius 1 is 1.19 bits per heavy atom. The van der Waals surface area contributed by atoms with Gasteiger partial charge in [0.2, 0.25) is 0 Å². The topological polar surface area (TPSA) is 97.7 Å². The van der Waals surface area contributed by atoms with Crippen LogP contribution in [-0.4, -0.2) is 23.2 Å². The van der Waals surface area contributed by atoms with E-state index in [-0.39, 0.29) is 63.1 Å². The van der Waals surface area contributed by atoms with Gasteiger partial charge in [-0.2, -0.15) is 0 Å². The Labute approximate surface area is 137 Å². The smallest absolute Gasteiger partial charge is 0.744 e. The molecule has 2 N–H and O–H groups in total. The van der Waals surface area contributed by atoms with Crippen LogP contribution in [0.1, 0.15) is 25.3 Å². The second-order valence-corrected chi connectivity index (χ2v) is 4.84.